The highest BCUT2D eigenvalue weighted by molar-refractivity contribution is 7.90. The first-order chi connectivity index (χ1) is 16.0. The van der Waals surface area contributed by atoms with Crippen LogP contribution >= 0.6 is 11.6 Å². The van der Waals surface area contributed by atoms with Gasteiger partial charge in [0, 0.05) is 43.7 Å². The Labute approximate surface area is 203 Å². The quantitative estimate of drug-likeness (QED) is 0.614. The summed E-state index contributed by atoms with van der Waals surface area (Å²) in [4.78, 5) is 27.8. The lowest BCUT2D eigenvalue weighted by Gasteiger charge is -2.44. The minimum absolute atomic E-state index is 0.0523. The summed E-state index contributed by atoms with van der Waals surface area (Å²) in [6, 6.07) is 10.2. The van der Waals surface area contributed by atoms with Gasteiger partial charge in [0.15, 0.2) is 6.61 Å². The molecule has 1 saturated heterocycles. The summed E-state index contributed by atoms with van der Waals surface area (Å²) < 4.78 is 45.5. The predicted octanol–water partition coefficient (Wildman–Crippen LogP) is 2.80. The fourth-order valence-corrected chi connectivity index (χ4v) is 5.27. The van der Waals surface area contributed by atoms with Gasteiger partial charge in [-0.2, -0.15) is 0 Å². The molecule has 2 aromatic rings. The van der Waals surface area contributed by atoms with Crippen LogP contribution in [0.1, 0.15) is 26.3 Å². The maximum atomic E-state index is 13.2. The van der Waals surface area contributed by atoms with Gasteiger partial charge in [0.2, 0.25) is 5.91 Å². The van der Waals surface area contributed by atoms with Crippen molar-refractivity contribution in [2.24, 2.45) is 0 Å². The van der Waals surface area contributed by atoms with Crippen molar-refractivity contribution in [3.8, 4) is 5.75 Å². The molecule has 1 fully saturated rings. The van der Waals surface area contributed by atoms with Gasteiger partial charge < -0.3 is 9.64 Å². The van der Waals surface area contributed by atoms with Crippen LogP contribution in [0.25, 0.3) is 0 Å². The third-order valence-electron chi connectivity index (χ3n) is 5.56. The first-order valence-electron chi connectivity index (χ1n) is 10.7. The lowest BCUT2D eigenvalue weighted by atomic mass is 10.1. The van der Waals surface area contributed by atoms with Gasteiger partial charge in [0.25, 0.3) is 15.9 Å². The van der Waals surface area contributed by atoms with Crippen LogP contribution in [0.4, 0.5) is 4.39 Å². The first-order valence-corrected chi connectivity index (χ1v) is 12.6. The Morgan fingerprint density at radius 1 is 1.12 bits per heavy atom. The minimum atomic E-state index is -4.21. The number of hydrogen-bond acceptors (Lipinski definition) is 6. The number of rotatable bonds is 7. The number of nitrogens with zero attached hydrogens (tertiary/aromatic N) is 2. The van der Waals surface area contributed by atoms with Gasteiger partial charge in [-0.1, -0.05) is 23.7 Å². The number of halogens is 2. The number of piperazine rings is 1. The van der Waals surface area contributed by atoms with Gasteiger partial charge in [-0.25, -0.2) is 17.5 Å². The molecule has 1 heterocycles. The summed E-state index contributed by atoms with van der Waals surface area (Å²) in [6.07, 6.45) is 0. The average molecular weight is 512 g/mol. The van der Waals surface area contributed by atoms with E-state index in [9.17, 15) is 22.4 Å². The second-order valence-corrected chi connectivity index (χ2v) is 10.4. The van der Waals surface area contributed by atoms with Crippen LogP contribution in [0, 0.1) is 5.82 Å². The maximum absolute atomic E-state index is 13.2. The van der Waals surface area contributed by atoms with Crippen LogP contribution in [-0.2, 0) is 26.2 Å². The number of amides is 2. The van der Waals surface area contributed by atoms with E-state index in [2.05, 4.69) is 4.90 Å². The van der Waals surface area contributed by atoms with Gasteiger partial charge >= 0.3 is 0 Å². The average Bonchev–Trinajstić information content (AvgIpc) is 2.75. The zero-order valence-corrected chi connectivity index (χ0v) is 20.7. The molecule has 0 saturated carbocycles. The van der Waals surface area contributed by atoms with E-state index in [1.807, 2.05) is 18.6 Å². The zero-order valence-electron chi connectivity index (χ0n) is 19.1. The number of carbonyl (C=O) groups is 2. The number of benzene rings is 2. The van der Waals surface area contributed by atoms with E-state index in [4.69, 9.17) is 16.3 Å². The van der Waals surface area contributed by atoms with E-state index >= 15 is 0 Å². The SMILES string of the molecule is CC(=O)NS(=O)(=O)c1cc(Cl)ccc1OCC(=O)N1CC(C)N(Cc2ccc(F)cc2)CC1C. The molecular weight excluding hydrogens is 485 g/mol. The molecule has 2 unspecified atom stereocenters. The number of nitrogens with one attached hydrogen (secondary N) is 1. The first kappa shape index (κ1) is 25.9. The Bertz CT molecular complexity index is 1160. The number of ether oxygens (including phenoxy) is 1. The standard InChI is InChI=1S/C23H27ClFN3O5S/c1-15-12-28(16(2)11-27(15)13-18-4-7-20(25)8-5-18)23(30)14-33-21-9-6-19(24)10-22(21)34(31,32)26-17(3)29/h4-10,15-16H,11-14H2,1-3H3,(H,26,29). The van der Waals surface area contributed by atoms with Crippen LogP contribution < -0.4 is 9.46 Å². The summed E-state index contributed by atoms with van der Waals surface area (Å²) >= 11 is 5.93. The monoisotopic (exact) mass is 511 g/mol. The highest BCUT2D eigenvalue weighted by Crippen LogP contribution is 2.27. The molecule has 2 amide bonds. The molecule has 2 aromatic carbocycles. The van der Waals surface area contributed by atoms with Crippen molar-refractivity contribution >= 4 is 33.4 Å². The van der Waals surface area contributed by atoms with Crippen molar-refractivity contribution < 1.29 is 27.1 Å². The summed E-state index contributed by atoms with van der Waals surface area (Å²) in [6.45, 7) is 6.35. The molecule has 1 aliphatic heterocycles. The highest BCUT2D eigenvalue weighted by Gasteiger charge is 2.32. The van der Waals surface area contributed by atoms with E-state index in [-0.39, 0.29) is 46.1 Å². The highest BCUT2D eigenvalue weighted by atomic mass is 35.5. The Kier molecular flexibility index (Phi) is 8.17. The Hall–Kier alpha value is -2.69. The van der Waals surface area contributed by atoms with Gasteiger partial charge in [0.1, 0.15) is 16.5 Å². The fraction of sp³-hybridized carbons (Fsp3) is 0.391. The lowest BCUT2D eigenvalue weighted by molar-refractivity contribution is -0.139. The van der Waals surface area contributed by atoms with Gasteiger partial charge in [0.05, 0.1) is 0 Å². The fourth-order valence-electron chi connectivity index (χ4n) is 3.87. The summed E-state index contributed by atoms with van der Waals surface area (Å²) in [7, 11) is -4.21. The van der Waals surface area contributed by atoms with E-state index < -0.39 is 15.9 Å². The minimum Gasteiger partial charge on any atom is -0.482 e. The van der Waals surface area contributed by atoms with Crippen molar-refractivity contribution in [3.05, 3.63) is 58.9 Å². The molecule has 0 spiro atoms. The van der Waals surface area contributed by atoms with Crippen molar-refractivity contribution in [1.29, 1.82) is 0 Å². The van der Waals surface area contributed by atoms with Gasteiger partial charge in [-0.3, -0.25) is 14.5 Å². The topological polar surface area (TPSA) is 96.0 Å². The van der Waals surface area contributed by atoms with Crippen molar-refractivity contribution in [2.75, 3.05) is 19.7 Å². The van der Waals surface area contributed by atoms with E-state index in [0.717, 1.165) is 18.6 Å². The molecule has 1 N–H and O–H groups in total. The van der Waals surface area contributed by atoms with Crippen molar-refractivity contribution in [1.82, 2.24) is 14.5 Å². The Morgan fingerprint density at radius 3 is 2.44 bits per heavy atom. The van der Waals surface area contributed by atoms with Crippen molar-refractivity contribution in [3.63, 3.8) is 0 Å². The number of hydrogen-bond donors (Lipinski definition) is 1. The third-order valence-corrected chi connectivity index (χ3v) is 7.25. The second kappa shape index (κ2) is 10.7. The summed E-state index contributed by atoms with van der Waals surface area (Å²) in [5, 5.41) is 0.141. The van der Waals surface area contributed by atoms with Crippen LogP contribution in [0.5, 0.6) is 5.75 Å². The molecular formula is C23H27ClFN3O5S. The molecule has 184 valence electrons. The number of carbonyl (C=O) groups excluding carboxylic acids is 2. The van der Waals surface area contributed by atoms with Crippen molar-refractivity contribution in [2.45, 2.75) is 44.3 Å². The van der Waals surface area contributed by atoms with E-state index in [1.54, 1.807) is 17.0 Å². The number of sulfonamides is 1. The maximum Gasteiger partial charge on any atom is 0.267 e. The van der Waals surface area contributed by atoms with Gasteiger partial charge in [-0.15, -0.1) is 0 Å². The Balaban J connectivity index is 1.66. The lowest BCUT2D eigenvalue weighted by Crippen LogP contribution is -2.58. The molecule has 0 bridgehead atoms. The molecule has 3 rings (SSSR count). The molecule has 0 aliphatic carbocycles. The van der Waals surface area contributed by atoms with Crippen LogP contribution in [0.3, 0.4) is 0 Å². The van der Waals surface area contributed by atoms with Crippen LogP contribution in [0.15, 0.2) is 47.4 Å². The zero-order chi connectivity index (χ0) is 25.0. The molecule has 8 nitrogen and oxygen atoms in total. The summed E-state index contributed by atoms with van der Waals surface area (Å²) in [5.74, 6) is -1.42. The molecule has 0 aromatic heterocycles. The van der Waals surface area contributed by atoms with Crippen LogP contribution in [0.2, 0.25) is 5.02 Å². The molecule has 0 radical (unpaired) electrons. The van der Waals surface area contributed by atoms with Crippen LogP contribution in [-0.4, -0.2) is 61.8 Å². The molecule has 1 aliphatic rings. The molecule has 34 heavy (non-hydrogen) atoms. The van der Waals surface area contributed by atoms with E-state index in [1.165, 1.54) is 24.3 Å². The molecule has 11 heteroatoms. The third kappa shape index (κ3) is 6.46. The van der Waals surface area contributed by atoms with E-state index in [0.29, 0.717) is 19.6 Å². The van der Waals surface area contributed by atoms with Gasteiger partial charge in [-0.05, 0) is 49.7 Å². The summed E-state index contributed by atoms with van der Waals surface area (Å²) in [5.41, 5.74) is 0.985. The largest absolute Gasteiger partial charge is 0.482 e. The smallest absolute Gasteiger partial charge is 0.267 e. The normalized spacial score (nSPS) is 19.0. The molecule has 2 atom stereocenters. The second-order valence-electron chi connectivity index (χ2n) is 8.34. The Morgan fingerprint density at radius 2 is 1.79 bits per heavy atom. The predicted molar refractivity (Wildman–Crippen MR) is 125 cm³/mol.